The van der Waals surface area contributed by atoms with Crippen LogP contribution in [-0.2, 0) is 20.0 Å². The maximum absolute atomic E-state index is 12.4. The van der Waals surface area contributed by atoms with Gasteiger partial charge in [-0.2, -0.15) is 0 Å². The van der Waals surface area contributed by atoms with Gasteiger partial charge in [-0.25, -0.2) is 22.0 Å². The van der Waals surface area contributed by atoms with E-state index in [1.807, 2.05) is 0 Å². The first-order valence-electron chi connectivity index (χ1n) is 6.43. The largest absolute Gasteiger partial charge is 0.279 e. The molecule has 23 heavy (non-hydrogen) atoms. The molecule has 0 aliphatic heterocycles. The van der Waals surface area contributed by atoms with E-state index in [4.69, 9.17) is 16.7 Å². The third-order valence-electron chi connectivity index (χ3n) is 3.34. The van der Waals surface area contributed by atoms with E-state index >= 15 is 0 Å². The van der Waals surface area contributed by atoms with E-state index in [0.717, 1.165) is 0 Å². The number of aryl methyl sites for hydroxylation is 1. The van der Waals surface area contributed by atoms with Crippen LogP contribution in [0.3, 0.4) is 0 Å². The number of nitrogens with two attached hydrogens (primary N) is 1. The molecule has 0 unspecified atom stereocenters. The molecule has 0 saturated carbocycles. The van der Waals surface area contributed by atoms with E-state index in [1.54, 1.807) is 13.8 Å². The molecule has 6 nitrogen and oxygen atoms in total. The lowest BCUT2D eigenvalue weighted by Crippen LogP contribution is -2.16. The molecular formula is C14H15ClN2O4S2. The average Bonchev–Trinajstić information content (AvgIpc) is 2.42. The summed E-state index contributed by atoms with van der Waals surface area (Å²) in [7, 11) is -7.82. The zero-order valence-electron chi connectivity index (χ0n) is 12.4. The van der Waals surface area contributed by atoms with Gasteiger partial charge in [0.25, 0.3) is 10.0 Å². The number of halogens is 1. The van der Waals surface area contributed by atoms with Crippen LogP contribution in [0, 0.1) is 13.8 Å². The molecule has 2 rings (SSSR count). The maximum atomic E-state index is 12.4. The van der Waals surface area contributed by atoms with E-state index in [1.165, 1.54) is 36.4 Å². The minimum Gasteiger partial charge on any atom is -0.279 e. The van der Waals surface area contributed by atoms with Crippen molar-refractivity contribution in [2.24, 2.45) is 5.14 Å². The molecule has 0 radical (unpaired) electrons. The van der Waals surface area contributed by atoms with Crippen LogP contribution in [-0.4, -0.2) is 16.8 Å². The Labute approximate surface area is 140 Å². The molecular weight excluding hydrogens is 360 g/mol. The predicted molar refractivity (Wildman–Crippen MR) is 89.5 cm³/mol. The van der Waals surface area contributed by atoms with Crippen LogP contribution < -0.4 is 9.86 Å². The second kappa shape index (κ2) is 6.12. The van der Waals surface area contributed by atoms with Gasteiger partial charge in [0.1, 0.15) is 0 Å². The van der Waals surface area contributed by atoms with E-state index in [2.05, 4.69) is 4.72 Å². The van der Waals surface area contributed by atoms with Gasteiger partial charge in [-0.05, 0) is 61.4 Å². The van der Waals surface area contributed by atoms with Gasteiger partial charge in [0, 0.05) is 5.02 Å². The van der Waals surface area contributed by atoms with Gasteiger partial charge < -0.3 is 0 Å². The molecule has 0 amide bonds. The highest BCUT2D eigenvalue weighted by molar-refractivity contribution is 7.92. The quantitative estimate of drug-likeness (QED) is 0.856. The predicted octanol–water partition coefficient (Wildman–Crippen LogP) is 2.41. The van der Waals surface area contributed by atoms with Gasteiger partial charge in [0.15, 0.2) is 0 Å². The van der Waals surface area contributed by atoms with Gasteiger partial charge in [0.2, 0.25) is 10.0 Å². The zero-order valence-corrected chi connectivity index (χ0v) is 14.8. The highest BCUT2D eigenvalue weighted by Crippen LogP contribution is 2.26. The van der Waals surface area contributed by atoms with Gasteiger partial charge in [-0.3, -0.25) is 4.72 Å². The Kier molecular flexibility index (Phi) is 4.72. The Morgan fingerprint density at radius 1 is 0.957 bits per heavy atom. The summed E-state index contributed by atoms with van der Waals surface area (Å²) < 4.78 is 50.2. The molecule has 3 N–H and O–H groups in total. The van der Waals surface area contributed by atoms with Crippen LogP contribution in [0.1, 0.15) is 11.1 Å². The summed E-state index contributed by atoms with van der Waals surface area (Å²) in [5, 5.41) is 5.53. The second-order valence-corrected chi connectivity index (χ2v) is 8.70. The SMILES string of the molecule is Cc1cc(S(N)(=O)=O)cc(NS(=O)(=O)c2ccc(Cl)cc2)c1C. The number of sulfonamides is 2. The van der Waals surface area contributed by atoms with Crippen LogP contribution in [0.5, 0.6) is 0 Å². The average molecular weight is 375 g/mol. The van der Waals surface area contributed by atoms with Gasteiger partial charge >= 0.3 is 0 Å². The van der Waals surface area contributed by atoms with Gasteiger partial charge in [0.05, 0.1) is 15.5 Å². The normalized spacial score (nSPS) is 12.2. The summed E-state index contributed by atoms with van der Waals surface area (Å²) in [6.45, 7) is 3.35. The Bertz CT molecular complexity index is 953. The van der Waals surface area contributed by atoms with Crippen LogP contribution >= 0.6 is 11.6 Å². The van der Waals surface area contributed by atoms with E-state index < -0.39 is 20.0 Å². The van der Waals surface area contributed by atoms with Crippen molar-refractivity contribution in [3.05, 3.63) is 52.5 Å². The van der Waals surface area contributed by atoms with Crippen molar-refractivity contribution in [2.75, 3.05) is 4.72 Å². The van der Waals surface area contributed by atoms with Crippen molar-refractivity contribution in [1.29, 1.82) is 0 Å². The Hall–Kier alpha value is -1.61. The highest BCUT2D eigenvalue weighted by Gasteiger charge is 2.18. The Morgan fingerprint density at radius 2 is 1.52 bits per heavy atom. The molecule has 0 aromatic heterocycles. The third-order valence-corrected chi connectivity index (χ3v) is 5.86. The maximum Gasteiger partial charge on any atom is 0.261 e. The van der Waals surface area contributed by atoms with Crippen molar-refractivity contribution in [1.82, 2.24) is 0 Å². The summed E-state index contributed by atoms with van der Waals surface area (Å²) in [4.78, 5) is -0.144. The molecule has 0 spiro atoms. The Balaban J connectivity index is 2.51. The molecule has 0 saturated heterocycles. The lowest BCUT2D eigenvalue weighted by Gasteiger charge is -2.14. The summed E-state index contributed by atoms with van der Waals surface area (Å²) in [6, 6.07) is 8.21. The summed E-state index contributed by atoms with van der Waals surface area (Å²) in [5.41, 5.74) is 1.37. The fourth-order valence-corrected chi connectivity index (χ4v) is 3.78. The number of anilines is 1. The topological polar surface area (TPSA) is 106 Å². The van der Waals surface area contributed by atoms with E-state index in [0.29, 0.717) is 16.1 Å². The third kappa shape index (κ3) is 4.03. The summed E-state index contributed by atoms with van der Waals surface area (Å²) >= 11 is 5.74. The van der Waals surface area contributed by atoms with Gasteiger partial charge in [-0.1, -0.05) is 11.6 Å². The summed E-state index contributed by atoms with van der Waals surface area (Å²) in [6.07, 6.45) is 0. The molecule has 2 aromatic carbocycles. The lowest BCUT2D eigenvalue weighted by atomic mass is 10.1. The fourth-order valence-electron chi connectivity index (χ4n) is 1.91. The first kappa shape index (κ1) is 17.7. The number of hydrogen-bond acceptors (Lipinski definition) is 4. The molecule has 0 bridgehead atoms. The molecule has 0 atom stereocenters. The lowest BCUT2D eigenvalue weighted by molar-refractivity contribution is 0.596. The van der Waals surface area contributed by atoms with Crippen molar-refractivity contribution >= 4 is 37.3 Å². The number of benzene rings is 2. The first-order valence-corrected chi connectivity index (χ1v) is 9.84. The van der Waals surface area contributed by atoms with Crippen LogP contribution in [0.4, 0.5) is 5.69 Å². The molecule has 0 aliphatic rings. The van der Waals surface area contributed by atoms with Crippen molar-refractivity contribution in [3.8, 4) is 0 Å². The van der Waals surface area contributed by atoms with Crippen molar-refractivity contribution in [2.45, 2.75) is 23.6 Å². The first-order chi connectivity index (χ1) is 10.5. The smallest absolute Gasteiger partial charge is 0.261 e. The number of hydrogen-bond donors (Lipinski definition) is 2. The summed E-state index contributed by atoms with van der Waals surface area (Å²) in [5.74, 6) is 0. The number of nitrogens with one attached hydrogen (secondary N) is 1. The van der Waals surface area contributed by atoms with E-state index in [-0.39, 0.29) is 15.5 Å². The minimum absolute atomic E-state index is 0.0139. The van der Waals surface area contributed by atoms with Crippen LogP contribution in [0.25, 0.3) is 0 Å². The van der Waals surface area contributed by atoms with Crippen molar-refractivity contribution < 1.29 is 16.8 Å². The minimum atomic E-state index is -3.94. The highest BCUT2D eigenvalue weighted by atomic mass is 35.5. The molecule has 2 aromatic rings. The van der Waals surface area contributed by atoms with Crippen LogP contribution in [0.15, 0.2) is 46.2 Å². The molecule has 124 valence electrons. The molecule has 0 heterocycles. The fraction of sp³-hybridized carbons (Fsp3) is 0.143. The van der Waals surface area contributed by atoms with E-state index in [9.17, 15) is 16.8 Å². The van der Waals surface area contributed by atoms with Crippen LogP contribution in [0.2, 0.25) is 5.02 Å². The molecule has 0 fully saturated rings. The monoisotopic (exact) mass is 374 g/mol. The number of primary sulfonamides is 1. The number of rotatable bonds is 4. The second-order valence-electron chi connectivity index (χ2n) is 5.02. The van der Waals surface area contributed by atoms with Crippen molar-refractivity contribution in [3.63, 3.8) is 0 Å². The Morgan fingerprint density at radius 3 is 2.04 bits per heavy atom. The zero-order chi connectivity index (χ0) is 17.4. The van der Waals surface area contributed by atoms with Gasteiger partial charge in [-0.15, -0.1) is 0 Å². The standard InChI is InChI=1S/C14H15ClN2O4S2/c1-9-7-13(22(16,18)19)8-14(10(9)2)17-23(20,21)12-5-3-11(15)4-6-12/h3-8,17H,1-2H3,(H2,16,18,19). The molecule has 0 aliphatic carbocycles. The molecule has 9 heteroatoms.